The van der Waals surface area contributed by atoms with E-state index in [1.165, 1.54) is 0 Å². The monoisotopic (exact) mass is 327 g/mol. The van der Waals surface area contributed by atoms with Crippen molar-refractivity contribution in [1.82, 2.24) is 14.7 Å². The van der Waals surface area contributed by atoms with Gasteiger partial charge in [0.05, 0.1) is 30.0 Å². The predicted molar refractivity (Wildman–Crippen MR) is 93.3 cm³/mol. The minimum Gasteiger partial charge on any atom is -0.372 e. The molecular weight excluding hydrogens is 302 g/mol. The van der Waals surface area contributed by atoms with Crippen molar-refractivity contribution in [2.24, 2.45) is 0 Å². The third kappa shape index (κ3) is 3.36. The molecule has 1 aromatic carbocycles. The van der Waals surface area contributed by atoms with Crippen LogP contribution in [0, 0.1) is 13.8 Å². The lowest BCUT2D eigenvalue weighted by atomic mass is 10.1. The van der Waals surface area contributed by atoms with Crippen LogP contribution in [0.5, 0.6) is 0 Å². The van der Waals surface area contributed by atoms with E-state index < -0.39 is 0 Å². The number of amides is 1. The highest BCUT2D eigenvalue weighted by atomic mass is 16.5. The van der Waals surface area contributed by atoms with Crippen LogP contribution >= 0.6 is 0 Å². The number of hydrogen-bond acceptors (Lipinski definition) is 3. The number of aromatic nitrogens is 2. The zero-order valence-corrected chi connectivity index (χ0v) is 14.8. The number of hydrogen-bond donors (Lipinski definition) is 0. The van der Waals surface area contributed by atoms with Gasteiger partial charge in [-0.3, -0.25) is 4.79 Å². The molecule has 0 unspecified atom stereocenters. The normalized spacial score (nSPS) is 21.1. The molecule has 1 amide bonds. The summed E-state index contributed by atoms with van der Waals surface area (Å²) in [7, 11) is 0. The quantitative estimate of drug-likeness (QED) is 0.871. The second kappa shape index (κ2) is 6.77. The molecule has 2 heterocycles. The van der Waals surface area contributed by atoms with Gasteiger partial charge in [-0.2, -0.15) is 5.10 Å². The van der Waals surface area contributed by atoms with Crippen molar-refractivity contribution in [3.05, 3.63) is 47.3 Å². The number of para-hydroxylation sites is 1. The number of carbonyl (C=O) groups is 1. The summed E-state index contributed by atoms with van der Waals surface area (Å²) in [4.78, 5) is 14.7. The molecule has 128 valence electrons. The van der Waals surface area contributed by atoms with E-state index in [-0.39, 0.29) is 18.1 Å². The minimum atomic E-state index is 0.0898. The Labute approximate surface area is 143 Å². The zero-order chi connectivity index (χ0) is 17.3. The van der Waals surface area contributed by atoms with Crippen LogP contribution < -0.4 is 0 Å². The van der Waals surface area contributed by atoms with Gasteiger partial charge in [0.1, 0.15) is 0 Å². The van der Waals surface area contributed by atoms with E-state index in [2.05, 4.69) is 5.10 Å². The molecule has 0 aliphatic carbocycles. The summed E-state index contributed by atoms with van der Waals surface area (Å²) < 4.78 is 7.63. The molecule has 5 heteroatoms. The maximum absolute atomic E-state index is 12.7. The molecule has 1 saturated heterocycles. The first-order valence-electron chi connectivity index (χ1n) is 8.49. The van der Waals surface area contributed by atoms with Crippen LogP contribution in [-0.2, 0) is 16.0 Å². The summed E-state index contributed by atoms with van der Waals surface area (Å²) in [5.74, 6) is 0.149. The van der Waals surface area contributed by atoms with Crippen LogP contribution in [0.1, 0.15) is 30.8 Å². The van der Waals surface area contributed by atoms with E-state index in [4.69, 9.17) is 4.74 Å². The van der Waals surface area contributed by atoms with Crippen molar-refractivity contribution in [2.75, 3.05) is 13.1 Å². The maximum Gasteiger partial charge on any atom is 0.227 e. The van der Waals surface area contributed by atoms with Crippen molar-refractivity contribution in [2.45, 2.75) is 46.3 Å². The van der Waals surface area contributed by atoms with Crippen LogP contribution in [-0.4, -0.2) is 45.9 Å². The van der Waals surface area contributed by atoms with Crippen molar-refractivity contribution in [1.29, 1.82) is 0 Å². The van der Waals surface area contributed by atoms with Gasteiger partial charge in [0.2, 0.25) is 5.91 Å². The van der Waals surface area contributed by atoms with Gasteiger partial charge in [-0.15, -0.1) is 0 Å². The average molecular weight is 327 g/mol. The van der Waals surface area contributed by atoms with Gasteiger partial charge in [-0.25, -0.2) is 4.68 Å². The Kier molecular flexibility index (Phi) is 4.71. The van der Waals surface area contributed by atoms with E-state index in [0.717, 1.165) is 22.6 Å². The van der Waals surface area contributed by atoms with Crippen molar-refractivity contribution >= 4 is 5.91 Å². The molecule has 1 aromatic heterocycles. The number of aryl methyl sites for hydroxylation is 1. The Morgan fingerprint density at radius 1 is 1.17 bits per heavy atom. The lowest BCUT2D eigenvalue weighted by Crippen LogP contribution is -2.48. The third-order valence-electron chi connectivity index (χ3n) is 4.54. The lowest BCUT2D eigenvalue weighted by molar-refractivity contribution is -0.142. The first-order valence-corrected chi connectivity index (χ1v) is 8.49. The van der Waals surface area contributed by atoms with Crippen molar-refractivity contribution in [3.63, 3.8) is 0 Å². The standard InChI is InChI=1S/C19H25N3O2/c1-13-11-21(12-14(2)24-13)19(23)10-18-15(3)20-22(16(18)4)17-8-6-5-7-9-17/h5-9,13-14H,10-12H2,1-4H3/t13-,14+. The molecule has 2 aromatic rings. The van der Waals surface area contributed by atoms with Crippen molar-refractivity contribution < 1.29 is 9.53 Å². The molecule has 0 N–H and O–H groups in total. The second-order valence-electron chi connectivity index (χ2n) is 6.63. The molecule has 0 radical (unpaired) electrons. The first kappa shape index (κ1) is 16.7. The van der Waals surface area contributed by atoms with E-state index in [0.29, 0.717) is 19.5 Å². The summed E-state index contributed by atoms with van der Waals surface area (Å²) in [6.45, 7) is 9.35. The number of carbonyl (C=O) groups excluding carboxylic acids is 1. The summed E-state index contributed by atoms with van der Waals surface area (Å²) in [5, 5.41) is 4.63. The van der Waals surface area contributed by atoms with Crippen LogP contribution in [0.3, 0.4) is 0 Å². The first-order chi connectivity index (χ1) is 11.5. The fourth-order valence-electron chi connectivity index (χ4n) is 3.40. The molecule has 3 rings (SSSR count). The second-order valence-corrected chi connectivity index (χ2v) is 6.63. The van der Waals surface area contributed by atoms with Gasteiger partial charge in [0.15, 0.2) is 0 Å². The van der Waals surface area contributed by atoms with Crippen LogP contribution in [0.15, 0.2) is 30.3 Å². The summed E-state index contributed by atoms with van der Waals surface area (Å²) in [6, 6.07) is 10.0. The highest BCUT2D eigenvalue weighted by Gasteiger charge is 2.27. The van der Waals surface area contributed by atoms with Gasteiger partial charge >= 0.3 is 0 Å². The smallest absolute Gasteiger partial charge is 0.227 e. The fourth-order valence-corrected chi connectivity index (χ4v) is 3.40. The number of ether oxygens (including phenoxy) is 1. The van der Waals surface area contributed by atoms with Crippen LogP contribution in [0.2, 0.25) is 0 Å². The maximum atomic E-state index is 12.7. The highest BCUT2D eigenvalue weighted by Crippen LogP contribution is 2.20. The Morgan fingerprint density at radius 2 is 1.79 bits per heavy atom. The summed E-state index contributed by atoms with van der Waals surface area (Å²) >= 11 is 0. The fraction of sp³-hybridized carbons (Fsp3) is 0.474. The summed E-state index contributed by atoms with van der Waals surface area (Å²) in [6.07, 6.45) is 0.572. The minimum absolute atomic E-state index is 0.0898. The number of morpholine rings is 1. The van der Waals surface area contributed by atoms with Gasteiger partial charge < -0.3 is 9.64 Å². The summed E-state index contributed by atoms with van der Waals surface area (Å²) in [5.41, 5.74) is 3.99. The van der Waals surface area contributed by atoms with E-state index in [9.17, 15) is 4.79 Å². The van der Waals surface area contributed by atoms with E-state index in [1.54, 1.807) is 0 Å². The Balaban J connectivity index is 1.80. The van der Waals surface area contributed by atoms with Gasteiger partial charge in [-0.05, 0) is 39.8 Å². The van der Waals surface area contributed by atoms with Gasteiger partial charge in [-0.1, -0.05) is 18.2 Å². The molecule has 1 aliphatic heterocycles. The predicted octanol–water partition coefficient (Wildman–Crippen LogP) is 2.67. The number of nitrogens with zero attached hydrogens (tertiary/aromatic N) is 3. The number of benzene rings is 1. The van der Waals surface area contributed by atoms with E-state index in [1.807, 2.05) is 67.6 Å². The van der Waals surface area contributed by atoms with Crippen molar-refractivity contribution in [3.8, 4) is 5.69 Å². The highest BCUT2D eigenvalue weighted by molar-refractivity contribution is 5.79. The molecule has 0 saturated carbocycles. The topological polar surface area (TPSA) is 47.4 Å². The molecule has 5 nitrogen and oxygen atoms in total. The Hall–Kier alpha value is -2.14. The molecule has 2 atom stereocenters. The average Bonchev–Trinajstić information content (AvgIpc) is 2.83. The SMILES string of the molecule is Cc1nn(-c2ccccc2)c(C)c1CC(=O)N1C[C@@H](C)O[C@@H](C)C1. The molecule has 1 fully saturated rings. The lowest BCUT2D eigenvalue weighted by Gasteiger charge is -2.35. The number of rotatable bonds is 3. The van der Waals surface area contributed by atoms with Gasteiger partial charge in [0.25, 0.3) is 0 Å². The molecular formula is C19H25N3O2. The van der Waals surface area contributed by atoms with Crippen LogP contribution in [0.4, 0.5) is 0 Å². The molecule has 1 aliphatic rings. The Morgan fingerprint density at radius 3 is 2.42 bits per heavy atom. The van der Waals surface area contributed by atoms with Crippen LogP contribution in [0.25, 0.3) is 5.69 Å². The molecule has 24 heavy (non-hydrogen) atoms. The van der Waals surface area contributed by atoms with Gasteiger partial charge in [0, 0.05) is 24.3 Å². The molecule has 0 spiro atoms. The third-order valence-corrected chi connectivity index (χ3v) is 4.54. The molecule has 0 bridgehead atoms. The van der Waals surface area contributed by atoms with E-state index >= 15 is 0 Å². The largest absolute Gasteiger partial charge is 0.372 e. The Bertz CT molecular complexity index is 714. The zero-order valence-electron chi connectivity index (χ0n) is 14.8.